The minimum Gasteiger partial charge on any atom is -0.491 e. The predicted octanol–water partition coefficient (Wildman–Crippen LogP) is -0.186. The van der Waals surface area contributed by atoms with Crippen LogP contribution in [0, 0.1) is 10.1 Å². The third-order valence-corrected chi connectivity index (χ3v) is 5.89. The molecule has 0 aliphatic carbocycles. The minimum atomic E-state index is -1.00. The van der Waals surface area contributed by atoms with E-state index in [9.17, 15) is 24.8 Å². The van der Waals surface area contributed by atoms with Crippen LogP contribution in [-0.2, 0) is 4.79 Å². The predicted molar refractivity (Wildman–Crippen MR) is 123 cm³/mol. The number of carbonyl (C=O) groups excluding carboxylic acids is 2. The molecule has 3 rings (SSSR count). The van der Waals surface area contributed by atoms with Gasteiger partial charge in [0.05, 0.1) is 18.0 Å². The van der Waals surface area contributed by atoms with Crippen LogP contribution in [0.5, 0.6) is 5.75 Å². The van der Waals surface area contributed by atoms with E-state index in [0.29, 0.717) is 18.3 Å². The van der Waals surface area contributed by atoms with Crippen LogP contribution in [0.2, 0.25) is 0 Å². The summed E-state index contributed by atoms with van der Waals surface area (Å²) in [6.07, 6.45) is -1.62. The molecule has 13 heteroatoms. The van der Waals surface area contributed by atoms with Crippen molar-refractivity contribution in [2.24, 2.45) is 4.99 Å². The Morgan fingerprint density at radius 1 is 1.26 bits per heavy atom. The number of hydrogen-bond acceptors (Lipinski definition) is 8. The highest BCUT2D eigenvalue weighted by molar-refractivity contribution is 6.04. The number of guanidine groups is 1. The van der Waals surface area contributed by atoms with Crippen molar-refractivity contribution in [1.29, 1.82) is 0 Å². The van der Waals surface area contributed by atoms with Crippen molar-refractivity contribution in [3.63, 3.8) is 0 Å². The molecule has 0 bridgehead atoms. The third-order valence-electron chi connectivity index (χ3n) is 5.89. The van der Waals surface area contributed by atoms with Crippen molar-refractivity contribution in [2.75, 3.05) is 46.4 Å². The summed E-state index contributed by atoms with van der Waals surface area (Å²) in [4.78, 5) is 44.8. The normalized spacial score (nSPS) is 22.0. The number of hydrogen-bond donors (Lipinski definition) is 3. The summed E-state index contributed by atoms with van der Waals surface area (Å²) in [5.41, 5.74) is -0.0605. The van der Waals surface area contributed by atoms with Crippen molar-refractivity contribution in [3.05, 3.63) is 34.4 Å². The van der Waals surface area contributed by atoms with Crippen LogP contribution in [0.3, 0.4) is 0 Å². The number of benzene rings is 1. The first kappa shape index (κ1) is 25.2. The fraction of sp³-hybridized carbons (Fsp3) is 0.571. The molecular weight excluding hydrogens is 446 g/mol. The lowest BCUT2D eigenvalue weighted by Crippen LogP contribution is -2.65. The van der Waals surface area contributed by atoms with Gasteiger partial charge in [0.25, 0.3) is 11.6 Å². The number of ether oxygens (including phenoxy) is 1. The maximum atomic E-state index is 12.6. The highest BCUT2D eigenvalue weighted by Crippen LogP contribution is 2.22. The summed E-state index contributed by atoms with van der Waals surface area (Å²) in [7, 11) is 1.58. The number of likely N-dealkylation sites (N-methyl/N-ethyl adjacent to an activating group) is 2. The lowest BCUT2D eigenvalue weighted by atomic mass is 10.1. The number of aliphatic hydroxyl groups excluding tert-OH is 1. The number of imide groups is 1. The maximum Gasteiger partial charge on any atom is 0.325 e. The van der Waals surface area contributed by atoms with E-state index in [-0.39, 0.29) is 18.8 Å². The Morgan fingerprint density at radius 3 is 2.56 bits per heavy atom. The first-order chi connectivity index (χ1) is 16.2. The number of rotatable bonds is 11. The van der Waals surface area contributed by atoms with Crippen molar-refractivity contribution >= 4 is 23.6 Å². The average Bonchev–Trinajstić information content (AvgIpc) is 3.18. The van der Waals surface area contributed by atoms with Gasteiger partial charge in [-0.3, -0.25) is 25.2 Å². The van der Waals surface area contributed by atoms with E-state index in [1.807, 2.05) is 0 Å². The van der Waals surface area contributed by atoms with E-state index in [1.165, 1.54) is 29.2 Å². The van der Waals surface area contributed by atoms with Gasteiger partial charge in [-0.25, -0.2) is 4.79 Å². The summed E-state index contributed by atoms with van der Waals surface area (Å²) in [5.74, 6) is 0.321. The number of non-ortho nitro benzene ring substituents is 1. The third kappa shape index (κ3) is 5.72. The molecule has 3 amide bonds. The highest BCUT2D eigenvalue weighted by atomic mass is 16.6. The van der Waals surface area contributed by atoms with E-state index in [1.54, 1.807) is 11.9 Å². The number of nitro groups is 1. The standard InChI is InChI=1S/C21H31N7O6/c1-4-26(5-2)11-10-22-20-23-18-17(19(30)24-21(31)25(18)3)27(20)12-15(29)13-34-16-8-6-14(7-9-16)28(32)33/h6-9,15,17-18,29H,4-5,10-13H2,1-3H3,(H,22,23)(H,24,30,31). The van der Waals surface area contributed by atoms with Crippen molar-refractivity contribution in [2.45, 2.75) is 32.2 Å². The van der Waals surface area contributed by atoms with Crippen LogP contribution in [0.25, 0.3) is 0 Å². The monoisotopic (exact) mass is 477 g/mol. The molecule has 34 heavy (non-hydrogen) atoms. The Bertz CT molecular complexity index is 921. The molecule has 1 aromatic rings. The molecule has 0 aromatic heterocycles. The lowest BCUT2D eigenvalue weighted by Gasteiger charge is -2.35. The van der Waals surface area contributed by atoms with Crippen molar-refractivity contribution in [3.8, 4) is 5.75 Å². The van der Waals surface area contributed by atoms with Gasteiger partial charge in [-0.2, -0.15) is 0 Å². The molecule has 2 aliphatic rings. The van der Waals surface area contributed by atoms with Gasteiger partial charge >= 0.3 is 6.03 Å². The average molecular weight is 478 g/mol. The molecule has 0 spiro atoms. The number of amides is 3. The lowest BCUT2D eigenvalue weighted by molar-refractivity contribution is -0.384. The molecule has 13 nitrogen and oxygen atoms in total. The van der Waals surface area contributed by atoms with Gasteiger partial charge in [-0.05, 0) is 25.2 Å². The van der Waals surface area contributed by atoms with Gasteiger partial charge in [-0.15, -0.1) is 0 Å². The van der Waals surface area contributed by atoms with Crippen LogP contribution < -0.4 is 15.4 Å². The summed E-state index contributed by atoms with van der Waals surface area (Å²) in [5, 5.41) is 26.9. The second kappa shape index (κ2) is 11.1. The topological polar surface area (TPSA) is 153 Å². The molecule has 0 saturated carbocycles. The van der Waals surface area contributed by atoms with Crippen LogP contribution in [0.1, 0.15) is 13.8 Å². The largest absolute Gasteiger partial charge is 0.491 e. The Morgan fingerprint density at radius 2 is 1.94 bits per heavy atom. The molecule has 2 aliphatic heterocycles. The second-order valence-electron chi connectivity index (χ2n) is 8.04. The number of urea groups is 1. The number of fused-ring (bicyclic) bond motifs is 1. The molecule has 1 aromatic carbocycles. The molecule has 2 heterocycles. The molecule has 3 N–H and O–H groups in total. The Labute approximate surface area is 197 Å². The Hall–Kier alpha value is -3.45. The molecule has 3 atom stereocenters. The van der Waals surface area contributed by atoms with E-state index >= 15 is 0 Å². The van der Waals surface area contributed by atoms with Crippen LogP contribution in [0.4, 0.5) is 10.5 Å². The van der Waals surface area contributed by atoms with E-state index in [4.69, 9.17) is 4.74 Å². The molecule has 3 unspecified atom stereocenters. The van der Waals surface area contributed by atoms with Crippen LogP contribution in [0.15, 0.2) is 29.3 Å². The van der Waals surface area contributed by atoms with Gasteiger partial charge in [0.15, 0.2) is 12.0 Å². The van der Waals surface area contributed by atoms with Crippen LogP contribution >= 0.6 is 0 Å². The molecular formula is C21H31N7O6. The smallest absolute Gasteiger partial charge is 0.325 e. The minimum absolute atomic E-state index is 0.0285. The van der Waals surface area contributed by atoms with E-state index in [2.05, 4.69) is 34.4 Å². The summed E-state index contributed by atoms with van der Waals surface area (Å²) in [6.45, 7) is 7.05. The SMILES string of the molecule is CCN(CC)CCN=C1NC2C(C(=O)NC(=O)N2C)N1CC(O)COc1ccc([N+](=O)[O-])cc1. The van der Waals surface area contributed by atoms with Gasteiger partial charge in [0.1, 0.15) is 24.6 Å². The van der Waals surface area contributed by atoms with Crippen molar-refractivity contribution < 1.29 is 24.4 Å². The van der Waals surface area contributed by atoms with E-state index < -0.39 is 35.2 Å². The number of nitrogens with one attached hydrogen (secondary N) is 2. The highest BCUT2D eigenvalue weighted by Gasteiger charge is 2.50. The molecule has 0 radical (unpaired) electrons. The summed E-state index contributed by atoms with van der Waals surface area (Å²) >= 11 is 0. The molecule has 2 fully saturated rings. The first-order valence-corrected chi connectivity index (χ1v) is 11.2. The number of β-amino-alcohol motifs (C(OH)–C–C–N with tert-alkyl or cyclic N) is 1. The van der Waals surface area contributed by atoms with Gasteiger partial charge < -0.3 is 29.9 Å². The van der Waals surface area contributed by atoms with Crippen molar-refractivity contribution in [1.82, 2.24) is 25.3 Å². The van der Waals surface area contributed by atoms with Crippen LogP contribution in [-0.4, -0.2) is 107 Å². The zero-order chi connectivity index (χ0) is 24.8. The maximum absolute atomic E-state index is 12.6. The molecule has 186 valence electrons. The second-order valence-corrected chi connectivity index (χ2v) is 8.04. The Kier molecular flexibility index (Phi) is 8.23. The number of aliphatic imine (C=N–C) groups is 1. The summed E-state index contributed by atoms with van der Waals surface area (Å²) < 4.78 is 5.56. The number of aliphatic hydroxyl groups is 1. The van der Waals surface area contributed by atoms with Gasteiger partial charge in [0.2, 0.25) is 0 Å². The zero-order valence-corrected chi connectivity index (χ0v) is 19.5. The number of nitro benzene ring substituents is 1. The summed E-state index contributed by atoms with van der Waals surface area (Å²) in [6, 6.07) is 4.27. The first-order valence-electron chi connectivity index (χ1n) is 11.2. The number of nitrogens with zero attached hydrogens (tertiary/aromatic N) is 5. The van der Waals surface area contributed by atoms with Gasteiger partial charge in [-0.1, -0.05) is 13.8 Å². The fourth-order valence-electron chi connectivity index (χ4n) is 3.89. The number of carbonyl (C=O) groups is 2. The van der Waals surface area contributed by atoms with Gasteiger partial charge in [0, 0.05) is 25.7 Å². The fourth-order valence-corrected chi connectivity index (χ4v) is 3.89. The quantitative estimate of drug-likeness (QED) is 0.291. The molecule has 2 saturated heterocycles. The van der Waals surface area contributed by atoms with E-state index in [0.717, 1.165) is 19.6 Å². The zero-order valence-electron chi connectivity index (χ0n) is 19.5. The Balaban J connectivity index is 1.69.